The van der Waals surface area contributed by atoms with E-state index in [1.807, 2.05) is 7.05 Å². The number of carbonyl (C=O) groups is 1. The summed E-state index contributed by atoms with van der Waals surface area (Å²) in [5.41, 5.74) is 0. The minimum Gasteiger partial charge on any atom is -0.376 e. The number of hydrazine groups is 1. The highest BCUT2D eigenvalue weighted by Crippen LogP contribution is 2.29. The number of amides is 1. The van der Waals surface area contributed by atoms with Gasteiger partial charge in [-0.05, 0) is 31.6 Å². The lowest BCUT2D eigenvalue weighted by Gasteiger charge is -2.34. The van der Waals surface area contributed by atoms with Crippen molar-refractivity contribution in [1.82, 2.24) is 14.8 Å². The maximum absolute atomic E-state index is 11.6. The van der Waals surface area contributed by atoms with E-state index in [0.29, 0.717) is 25.2 Å². The quantitative estimate of drug-likeness (QED) is 0.519. The standard InChI is InChI=1S/C12H24N4O2/c1-14(13)6-10-2-4-11(5-3-10)15-7-12(18)16(8-15)9-17/h10-11,17H,2-9,13H2,1H3. The van der Waals surface area contributed by atoms with E-state index in [1.165, 1.54) is 17.7 Å². The van der Waals surface area contributed by atoms with Crippen molar-refractivity contribution in [3.63, 3.8) is 0 Å². The maximum Gasteiger partial charge on any atom is 0.239 e. The fraction of sp³-hybridized carbons (Fsp3) is 0.917. The minimum absolute atomic E-state index is 0.0429. The minimum atomic E-state index is -0.164. The highest BCUT2D eigenvalue weighted by atomic mass is 16.3. The predicted molar refractivity (Wildman–Crippen MR) is 68.1 cm³/mol. The van der Waals surface area contributed by atoms with Gasteiger partial charge in [0.2, 0.25) is 5.91 Å². The third kappa shape index (κ3) is 3.20. The molecule has 0 bridgehead atoms. The van der Waals surface area contributed by atoms with E-state index in [9.17, 15) is 4.79 Å². The van der Waals surface area contributed by atoms with Gasteiger partial charge >= 0.3 is 0 Å². The van der Waals surface area contributed by atoms with E-state index < -0.39 is 0 Å². The molecule has 0 unspecified atom stereocenters. The third-order valence-corrected chi connectivity index (χ3v) is 4.09. The molecule has 104 valence electrons. The molecule has 1 saturated carbocycles. The molecule has 1 amide bonds. The van der Waals surface area contributed by atoms with Crippen LogP contribution in [0.25, 0.3) is 0 Å². The molecule has 6 nitrogen and oxygen atoms in total. The van der Waals surface area contributed by atoms with Crippen LogP contribution in [0.3, 0.4) is 0 Å². The molecule has 1 saturated heterocycles. The molecule has 1 aliphatic carbocycles. The Morgan fingerprint density at radius 1 is 1.39 bits per heavy atom. The highest BCUT2D eigenvalue weighted by Gasteiger charge is 2.33. The van der Waals surface area contributed by atoms with E-state index in [-0.39, 0.29) is 12.6 Å². The molecule has 18 heavy (non-hydrogen) atoms. The van der Waals surface area contributed by atoms with Crippen molar-refractivity contribution >= 4 is 5.91 Å². The lowest BCUT2D eigenvalue weighted by Crippen LogP contribution is -2.40. The second-order valence-electron chi connectivity index (χ2n) is 5.58. The van der Waals surface area contributed by atoms with E-state index in [2.05, 4.69) is 4.90 Å². The van der Waals surface area contributed by atoms with Crippen molar-refractivity contribution in [2.75, 3.05) is 33.5 Å². The number of nitrogens with two attached hydrogens (primary N) is 1. The Morgan fingerprint density at radius 2 is 2.06 bits per heavy atom. The van der Waals surface area contributed by atoms with Crippen LogP contribution in [-0.2, 0) is 4.79 Å². The normalized spacial score (nSPS) is 30.4. The van der Waals surface area contributed by atoms with Gasteiger partial charge in [-0.15, -0.1) is 0 Å². The van der Waals surface area contributed by atoms with Crippen LogP contribution in [0, 0.1) is 5.92 Å². The van der Waals surface area contributed by atoms with Crippen LogP contribution >= 0.6 is 0 Å². The Kier molecular flexibility index (Phi) is 4.55. The van der Waals surface area contributed by atoms with Gasteiger partial charge in [-0.3, -0.25) is 15.5 Å². The zero-order valence-electron chi connectivity index (χ0n) is 11.1. The molecule has 2 fully saturated rings. The first-order chi connectivity index (χ1) is 8.60. The van der Waals surface area contributed by atoms with Gasteiger partial charge in [0.25, 0.3) is 0 Å². The van der Waals surface area contributed by atoms with Gasteiger partial charge in [0.15, 0.2) is 0 Å². The molecule has 1 heterocycles. The van der Waals surface area contributed by atoms with Gasteiger partial charge in [0, 0.05) is 19.6 Å². The lowest BCUT2D eigenvalue weighted by molar-refractivity contribution is -0.129. The summed E-state index contributed by atoms with van der Waals surface area (Å²) < 4.78 is 0. The lowest BCUT2D eigenvalue weighted by atomic mass is 9.85. The molecule has 3 N–H and O–H groups in total. The molecule has 1 aliphatic heterocycles. The Bertz CT molecular complexity index is 290. The summed E-state index contributed by atoms with van der Waals surface area (Å²) in [7, 11) is 1.91. The summed E-state index contributed by atoms with van der Waals surface area (Å²) in [6.07, 6.45) is 4.61. The Balaban J connectivity index is 1.78. The van der Waals surface area contributed by atoms with Gasteiger partial charge in [0.1, 0.15) is 6.73 Å². The first-order valence-corrected chi connectivity index (χ1v) is 6.68. The molecule has 0 aromatic carbocycles. The van der Waals surface area contributed by atoms with Gasteiger partial charge in [-0.2, -0.15) is 0 Å². The fourth-order valence-electron chi connectivity index (χ4n) is 3.09. The zero-order chi connectivity index (χ0) is 13.1. The number of carbonyl (C=O) groups excluding carboxylic acids is 1. The molecule has 0 atom stereocenters. The van der Waals surface area contributed by atoms with Crippen LogP contribution in [0.1, 0.15) is 25.7 Å². The van der Waals surface area contributed by atoms with Gasteiger partial charge in [-0.1, -0.05) is 0 Å². The van der Waals surface area contributed by atoms with Crippen LogP contribution in [0.2, 0.25) is 0 Å². The van der Waals surface area contributed by atoms with Crippen molar-refractivity contribution in [3.8, 4) is 0 Å². The average Bonchev–Trinajstić information content (AvgIpc) is 2.71. The van der Waals surface area contributed by atoms with Crippen molar-refractivity contribution in [3.05, 3.63) is 0 Å². The van der Waals surface area contributed by atoms with Crippen molar-refractivity contribution in [2.24, 2.45) is 11.8 Å². The number of nitrogens with zero attached hydrogens (tertiary/aromatic N) is 3. The molecular formula is C12H24N4O2. The van der Waals surface area contributed by atoms with Gasteiger partial charge in [-0.25, -0.2) is 5.01 Å². The van der Waals surface area contributed by atoms with Crippen LogP contribution in [-0.4, -0.2) is 65.4 Å². The summed E-state index contributed by atoms with van der Waals surface area (Å²) in [6, 6.07) is 0.491. The van der Waals surface area contributed by atoms with Gasteiger partial charge < -0.3 is 10.0 Å². The smallest absolute Gasteiger partial charge is 0.239 e. The summed E-state index contributed by atoms with van der Waals surface area (Å²) in [5.74, 6) is 6.40. The zero-order valence-corrected chi connectivity index (χ0v) is 11.1. The first-order valence-electron chi connectivity index (χ1n) is 6.68. The molecule has 0 radical (unpaired) electrons. The Morgan fingerprint density at radius 3 is 2.56 bits per heavy atom. The molecular weight excluding hydrogens is 232 g/mol. The number of hydrogen-bond donors (Lipinski definition) is 2. The van der Waals surface area contributed by atoms with E-state index in [4.69, 9.17) is 10.9 Å². The van der Waals surface area contributed by atoms with E-state index >= 15 is 0 Å². The third-order valence-electron chi connectivity index (χ3n) is 4.09. The number of hydrogen-bond acceptors (Lipinski definition) is 5. The summed E-state index contributed by atoms with van der Waals surface area (Å²) in [4.78, 5) is 15.3. The predicted octanol–water partition coefficient (Wildman–Crippen LogP) is -0.598. The molecule has 6 heteroatoms. The second-order valence-corrected chi connectivity index (χ2v) is 5.58. The summed E-state index contributed by atoms with van der Waals surface area (Å²) in [5, 5.41) is 10.8. The molecule has 0 aromatic rings. The van der Waals surface area contributed by atoms with Gasteiger partial charge in [0.05, 0.1) is 13.2 Å². The first kappa shape index (κ1) is 13.7. The fourth-order valence-corrected chi connectivity index (χ4v) is 3.09. The largest absolute Gasteiger partial charge is 0.376 e. The van der Waals surface area contributed by atoms with E-state index in [0.717, 1.165) is 19.4 Å². The molecule has 2 rings (SSSR count). The van der Waals surface area contributed by atoms with Crippen LogP contribution in [0.5, 0.6) is 0 Å². The Labute approximate surface area is 108 Å². The topological polar surface area (TPSA) is 73.0 Å². The summed E-state index contributed by atoms with van der Waals surface area (Å²) >= 11 is 0. The van der Waals surface area contributed by atoms with Crippen LogP contribution in [0.15, 0.2) is 0 Å². The van der Waals surface area contributed by atoms with Crippen molar-refractivity contribution in [1.29, 1.82) is 0 Å². The number of aliphatic hydroxyl groups excluding tert-OH is 1. The molecule has 2 aliphatic rings. The SMILES string of the molecule is CN(N)CC1CCC(N2CC(=O)N(CO)C2)CC1. The van der Waals surface area contributed by atoms with Crippen LogP contribution in [0.4, 0.5) is 0 Å². The maximum atomic E-state index is 11.6. The monoisotopic (exact) mass is 256 g/mol. The van der Waals surface area contributed by atoms with E-state index in [1.54, 1.807) is 5.01 Å². The Hall–Kier alpha value is -0.690. The molecule has 0 aromatic heterocycles. The van der Waals surface area contributed by atoms with Crippen molar-refractivity contribution in [2.45, 2.75) is 31.7 Å². The number of rotatable bonds is 4. The summed E-state index contributed by atoms with van der Waals surface area (Å²) in [6.45, 7) is 1.84. The van der Waals surface area contributed by atoms with Crippen LogP contribution < -0.4 is 5.84 Å². The molecule has 0 spiro atoms. The highest BCUT2D eigenvalue weighted by molar-refractivity contribution is 5.79. The second kappa shape index (κ2) is 5.97. The number of aliphatic hydroxyl groups is 1. The van der Waals surface area contributed by atoms with Crippen molar-refractivity contribution < 1.29 is 9.90 Å². The average molecular weight is 256 g/mol.